The highest BCUT2D eigenvalue weighted by atomic mass is 16.5. The zero-order valence-corrected chi connectivity index (χ0v) is 15.9. The molecular weight excluding hydrogens is 342 g/mol. The summed E-state index contributed by atoms with van der Waals surface area (Å²) in [6.45, 7) is 4.34. The molecule has 27 heavy (non-hydrogen) atoms. The average Bonchev–Trinajstić information content (AvgIpc) is 2.72. The molecule has 0 amide bonds. The van der Waals surface area contributed by atoms with Crippen molar-refractivity contribution in [2.45, 2.75) is 31.7 Å². The zero-order valence-electron chi connectivity index (χ0n) is 15.9. The van der Waals surface area contributed by atoms with Crippen LogP contribution in [0.3, 0.4) is 0 Å². The molecule has 1 aliphatic heterocycles. The van der Waals surface area contributed by atoms with Crippen LogP contribution in [-0.4, -0.2) is 44.0 Å². The van der Waals surface area contributed by atoms with Crippen LogP contribution in [0.2, 0.25) is 0 Å². The molecule has 0 aromatic heterocycles. The maximum Gasteiger partial charge on any atom is 0.335 e. The van der Waals surface area contributed by atoms with Crippen LogP contribution in [0.4, 0.5) is 5.69 Å². The Kier molecular flexibility index (Phi) is 6.35. The number of nitrogens with zero attached hydrogens (tertiary/aromatic N) is 1. The van der Waals surface area contributed by atoms with E-state index in [1.165, 1.54) is 5.56 Å². The first kappa shape index (κ1) is 19.2. The lowest BCUT2D eigenvalue weighted by Gasteiger charge is -2.38. The third-order valence-electron chi connectivity index (χ3n) is 5.25. The summed E-state index contributed by atoms with van der Waals surface area (Å²) in [7, 11) is 1.69. The van der Waals surface area contributed by atoms with E-state index in [9.17, 15) is 9.90 Å². The minimum atomic E-state index is -0.895. The number of methoxy groups -OCH3 is 1. The Hall–Kier alpha value is -2.53. The maximum absolute atomic E-state index is 11.3. The fraction of sp³-hybridized carbons (Fsp3) is 0.409. The van der Waals surface area contributed by atoms with Gasteiger partial charge in [0.2, 0.25) is 0 Å². The Morgan fingerprint density at radius 3 is 2.89 bits per heavy atom. The molecule has 1 unspecified atom stereocenters. The first-order chi connectivity index (χ1) is 13.1. The molecule has 1 fully saturated rings. The lowest BCUT2D eigenvalue weighted by Crippen LogP contribution is -2.45. The quantitative estimate of drug-likeness (QED) is 0.793. The molecule has 1 saturated heterocycles. The molecule has 2 aromatic carbocycles. The summed E-state index contributed by atoms with van der Waals surface area (Å²) in [5.41, 5.74) is 2.55. The second-order valence-corrected chi connectivity index (χ2v) is 7.03. The lowest BCUT2D eigenvalue weighted by molar-refractivity contribution is 0.0696. The Morgan fingerprint density at radius 2 is 2.11 bits per heavy atom. The number of carboxylic acids is 1. The van der Waals surface area contributed by atoms with Gasteiger partial charge in [0.1, 0.15) is 5.75 Å². The van der Waals surface area contributed by atoms with Crippen LogP contribution in [-0.2, 0) is 4.74 Å². The van der Waals surface area contributed by atoms with Crippen molar-refractivity contribution in [3.8, 4) is 5.75 Å². The molecule has 0 saturated carbocycles. The largest absolute Gasteiger partial charge is 0.497 e. The van der Waals surface area contributed by atoms with Gasteiger partial charge in [0, 0.05) is 12.2 Å². The Balaban J connectivity index is 1.68. The van der Waals surface area contributed by atoms with E-state index in [1.54, 1.807) is 19.2 Å². The number of hydrogen-bond acceptors (Lipinski definition) is 4. The van der Waals surface area contributed by atoms with E-state index in [1.807, 2.05) is 24.3 Å². The van der Waals surface area contributed by atoms with Crippen molar-refractivity contribution in [1.29, 1.82) is 0 Å². The number of rotatable bonds is 7. The van der Waals surface area contributed by atoms with E-state index >= 15 is 0 Å². The van der Waals surface area contributed by atoms with Crippen molar-refractivity contribution in [3.05, 3.63) is 59.7 Å². The third kappa shape index (κ3) is 4.80. The van der Waals surface area contributed by atoms with Gasteiger partial charge in [0.25, 0.3) is 0 Å². The summed E-state index contributed by atoms with van der Waals surface area (Å²) >= 11 is 0. The van der Waals surface area contributed by atoms with Crippen molar-refractivity contribution in [2.75, 3.05) is 31.8 Å². The predicted octanol–water partition coefficient (Wildman–Crippen LogP) is 4.18. The Labute approximate surface area is 160 Å². The van der Waals surface area contributed by atoms with E-state index in [0.717, 1.165) is 30.8 Å². The highest BCUT2D eigenvalue weighted by molar-refractivity contribution is 5.88. The smallest absolute Gasteiger partial charge is 0.335 e. The molecule has 1 aliphatic rings. The fourth-order valence-corrected chi connectivity index (χ4v) is 3.61. The van der Waals surface area contributed by atoms with Crippen LogP contribution in [0.5, 0.6) is 5.75 Å². The summed E-state index contributed by atoms with van der Waals surface area (Å²) in [6, 6.07) is 15.6. The van der Waals surface area contributed by atoms with E-state index in [2.05, 4.69) is 24.0 Å². The summed E-state index contributed by atoms with van der Waals surface area (Å²) < 4.78 is 11.0. The van der Waals surface area contributed by atoms with E-state index in [4.69, 9.17) is 9.47 Å². The summed E-state index contributed by atoms with van der Waals surface area (Å²) in [4.78, 5) is 13.6. The average molecular weight is 369 g/mol. The van der Waals surface area contributed by atoms with Gasteiger partial charge in [-0.05, 0) is 54.7 Å². The molecule has 144 valence electrons. The van der Waals surface area contributed by atoms with Gasteiger partial charge < -0.3 is 19.5 Å². The number of aromatic carboxylic acids is 1. The molecule has 2 atom stereocenters. The molecule has 5 heteroatoms. The summed E-state index contributed by atoms with van der Waals surface area (Å²) in [5.74, 6) is 0.398. The SMILES string of the molecule is COc1cccc([C@@H](C)CCC2COCCN2c2cccc(C(=O)O)c2)c1. The van der Waals surface area contributed by atoms with Crippen molar-refractivity contribution in [2.24, 2.45) is 0 Å². The molecule has 0 bridgehead atoms. The van der Waals surface area contributed by atoms with Gasteiger partial charge in [-0.2, -0.15) is 0 Å². The Morgan fingerprint density at radius 1 is 1.30 bits per heavy atom. The highest BCUT2D eigenvalue weighted by Gasteiger charge is 2.24. The second kappa shape index (κ2) is 8.91. The molecule has 2 aromatic rings. The zero-order chi connectivity index (χ0) is 19.2. The number of morpholine rings is 1. The monoisotopic (exact) mass is 369 g/mol. The van der Waals surface area contributed by atoms with Crippen molar-refractivity contribution >= 4 is 11.7 Å². The van der Waals surface area contributed by atoms with Crippen LogP contribution < -0.4 is 9.64 Å². The number of ether oxygens (including phenoxy) is 2. The van der Waals surface area contributed by atoms with Crippen molar-refractivity contribution in [1.82, 2.24) is 0 Å². The molecular formula is C22H27NO4. The summed E-state index contributed by atoms with van der Waals surface area (Å²) in [5, 5.41) is 9.27. The first-order valence-corrected chi connectivity index (χ1v) is 9.40. The van der Waals surface area contributed by atoms with E-state index < -0.39 is 5.97 Å². The van der Waals surface area contributed by atoms with Crippen LogP contribution in [0.1, 0.15) is 41.6 Å². The van der Waals surface area contributed by atoms with Crippen LogP contribution >= 0.6 is 0 Å². The fourth-order valence-electron chi connectivity index (χ4n) is 3.61. The highest BCUT2D eigenvalue weighted by Crippen LogP contribution is 2.28. The second-order valence-electron chi connectivity index (χ2n) is 7.03. The number of anilines is 1. The summed E-state index contributed by atoms with van der Waals surface area (Å²) in [6.07, 6.45) is 2.01. The van der Waals surface area contributed by atoms with Crippen molar-refractivity contribution < 1.29 is 19.4 Å². The maximum atomic E-state index is 11.3. The number of carboxylic acid groups (broad SMARTS) is 1. The van der Waals surface area contributed by atoms with E-state index in [0.29, 0.717) is 24.7 Å². The number of carbonyl (C=O) groups is 1. The molecule has 1 heterocycles. The third-order valence-corrected chi connectivity index (χ3v) is 5.25. The van der Waals surface area contributed by atoms with Crippen LogP contribution in [0.25, 0.3) is 0 Å². The van der Waals surface area contributed by atoms with Gasteiger partial charge in [-0.15, -0.1) is 0 Å². The minimum Gasteiger partial charge on any atom is -0.497 e. The van der Waals surface area contributed by atoms with Gasteiger partial charge in [-0.25, -0.2) is 4.79 Å². The molecule has 1 N–H and O–H groups in total. The molecule has 0 spiro atoms. The van der Waals surface area contributed by atoms with Gasteiger partial charge in [0.15, 0.2) is 0 Å². The topological polar surface area (TPSA) is 59.0 Å². The van der Waals surface area contributed by atoms with Crippen molar-refractivity contribution in [3.63, 3.8) is 0 Å². The van der Waals surface area contributed by atoms with Gasteiger partial charge in [-0.1, -0.05) is 25.1 Å². The Bertz CT molecular complexity index is 776. The van der Waals surface area contributed by atoms with Crippen LogP contribution in [0, 0.1) is 0 Å². The number of benzene rings is 2. The van der Waals surface area contributed by atoms with E-state index in [-0.39, 0.29) is 6.04 Å². The lowest BCUT2D eigenvalue weighted by atomic mass is 9.93. The normalized spacial score (nSPS) is 18.1. The van der Waals surface area contributed by atoms with Crippen LogP contribution in [0.15, 0.2) is 48.5 Å². The van der Waals surface area contributed by atoms with Gasteiger partial charge >= 0.3 is 5.97 Å². The van der Waals surface area contributed by atoms with Gasteiger partial charge in [-0.3, -0.25) is 0 Å². The van der Waals surface area contributed by atoms with Gasteiger partial charge in [0.05, 0.1) is 31.9 Å². The standard InChI is InChI=1S/C22H27NO4/c1-16(17-5-4-8-21(14-17)26-2)9-10-20-15-27-12-11-23(20)19-7-3-6-18(13-19)22(24)25/h3-8,13-14,16,20H,9-12,15H2,1-2H3,(H,24,25)/t16-,20?/m0/s1. The molecule has 5 nitrogen and oxygen atoms in total. The minimum absolute atomic E-state index is 0.246. The molecule has 3 rings (SSSR count). The first-order valence-electron chi connectivity index (χ1n) is 9.40. The number of hydrogen-bond donors (Lipinski definition) is 1. The molecule has 0 aliphatic carbocycles. The predicted molar refractivity (Wildman–Crippen MR) is 106 cm³/mol. The molecule has 0 radical (unpaired) electrons.